The number of methoxy groups -OCH3 is 1. The zero-order valence-corrected chi connectivity index (χ0v) is 17.2. The maximum Gasteiger partial charge on any atom is 0.332 e. The van der Waals surface area contributed by atoms with Gasteiger partial charge in [-0.1, -0.05) is 0 Å². The fraction of sp³-hybridized carbons (Fsp3) is 0.562. The van der Waals surface area contributed by atoms with Crippen molar-refractivity contribution < 1.29 is 9.53 Å². The van der Waals surface area contributed by atoms with E-state index in [1.165, 1.54) is 15.9 Å². The lowest BCUT2D eigenvalue weighted by Crippen LogP contribution is -2.48. The predicted octanol–water partition coefficient (Wildman–Crippen LogP) is -1.40. The quantitative estimate of drug-likeness (QED) is 0.616. The predicted molar refractivity (Wildman–Crippen MR) is 112 cm³/mol. The molecule has 144 valence electrons. The number of urea groups is 1. The number of aryl methyl sites for hydroxylation is 1. The van der Waals surface area contributed by atoms with Crippen molar-refractivity contribution in [3.05, 3.63) is 31.3 Å². The monoisotopic (exact) mass is 390 g/mol. The smallest absolute Gasteiger partial charge is 0.332 e. The van der Waals surface area contributed by atoms with Gasteiger partial charge in [0.1, 0.15) is 20.5 Å². The lowest BCUT2D eigenvalue weighted by Gasteiger charge is -2.35. The molecule has 0 unspecified atom stereocenters. The molecule has 1 fully saturated rings. The summed E-state index contributed by atoms with van der Waals surface area (Å²) in [6.07, 6.45) is 0. The van der Waals surface area contributed by atoms with Gasteiger partial charge in [-0.3, -0.25) is 13.9 Å². The Bertz CT molecular complexity index is 1010. The van der Waals surface area contributed by atoms with Crippen LogP contribution in [0.15, 0.2) is 9.59 Å². The average Bonchev–Trinajstić information content (AvgIpc) is 3.20. The number of ether oxygens (including phenoxy) is 1. The Morgan fingerprint density at radius 2 is 1.96 bits per heavy atom. The molecule has 3 heterocycles. The van der Waals surface area contributed by atoms with Gasteiger partial charge in [0.25, 0.3) is 5.56 Å². The molecule has 0 saturated carbocycles. The fourth-order valence-corrected chi connectivity index (χ4v) is 5.19. The molecular formula is C16H24B2N4O4S. The third-order valence-electron chi connectivity index (χ3n) is 5.22. The largest absolute Gasteiger partial charge is 0.383 e. The molecule has 8 nitrogen and oxygen atoms in total. The average molecular weight is 390 g/mol. The Balaban J connectivity index is 2.30. The fourth-order valence-electron chi connectivity index (χ4n) is 3.76. The van der Waals surface area contributed by atoms with Crippen LogP contribution in [0.3, 0.4) is 0 Å². The molecular weight excluding hydrogens is 366 g/mol. The van der Waals surface area contributed by atoms with E-state index in [0.29, 0.717) is 43.0 Å². The van der Waals surface area contributed by atoms with Gasteiger partial charge in [-0.15, -0.1) is 11.3 Å². The van der Waals surface area contributed by atoms with E-state index in [2.05, 4.69) is 5.32 Å². The van der Waals surface area contributed by atoms with Crippen LogP contribution in [-0.2, 0) is 23.2 Å². The van der Waals surface area contributed by atoms with Crippen LogP contribution in [0.2, 0.25) is 0 Å². The lowest BCUT2D eigenvalue weighted by molar-refractivity contribution is 0.186. The molecule has 0 aliphatic carbocycles. The number of thiophene rings is 1. The number of hydrogen-bond donors (Lipinski definition) is 1. The highest BCUT2D eigenvalue weighted by molar-refractivity contribution is 7.19. The van der Waals surface area contributed by atoms with Crippen molar-refractivity contribution in [1.82, 2.24) is 19.4 Å². The van der Waals surface area contributed by atoms with Crippen LogP contribution >= 0.6 is 11.3 Å². The lowest BCUT2D eigenvalue weighted by atomic mass is 9.59. The van der Waals surface area contributed by atoms with Gasteiger partial charge in [0.2, 0.25) is 0 Å². The van der Waals surface area contributed by atoms with Crippen LogP contribution in [0.25, 0.3) is 10.2 Å². The Morgan fingerprint density at radius 1 is 1.26 bits per heavy atom. The van der Waals surface area contributed by atoms with Crippen molar-refractivity contribution in [1.29, 1.82) is 0 Å². The van der Waals surface area contributed by atoms with Crippen LogP contribution in [0.1, 0.15) is 17.4 Å². The summed E-state index contributed by atoms with van der Waals surface area (Å²) < 4.78 is 8.03. The molecule has 1 N–H and O–H groups in total. The van der Waals surface area contributed by atoms with Crippen molar-refractivity contribution >= 4 is 43.3 Å². The number of nitrogens with one attached hydrogen (secondary N) is 1. The summed E-state index contributed by atoms with van der Waals surface area (Å²) in [5, 5.41) is 2.80. The molecule has 0 radical (unpaired) electrons. The number of carbonyl (C=O) groups excluding carboxylic acids is 1. The van der Waals surface area contributed by atoms with Crippen LogP contribution in [-0.4, -0.2) is 62.6 Å². The second kappa shape index (κ2) is 7.20. The van der Waals surface area contributed by atoms with Gasteiger partial charge in [0, 0.05) is 37.0 Å². The molecule has 0 atom stereocenters. The number of aromatic nitrogens is 2. The van der Waals surface area contributed by atoms with E-state index in [4.69, 9.17) is 4.74 Å². The third-order valence-corrected chi connectivity index (χ3v) is 6.84. The molecule has 27 heavy (non-hydrogen) atoms. The van der Waals surface area contributed by atoms with Gasteiger partial charge in [0.15, 0.2) is 0 Å². The first-order valence-electron chi connectivity index (χ1n) is 9.07. The van der Waals surface area contributed by atoms with Gasteiger partial charge < -0.3 is 15.0 Å². The van der Waals surface area contributed by atoms with E-state index in [1.807, 2.05) is 22.6 Å². The first-order valence-corrected chi connectivity index (χ1v) is 9.89. The first-order chi connectivity index (χ1) is 12.8. The van der Waals surface area contributed by atoms with E-state index in [0.717, 1.165) is 10.4 Å². The summed E-state index contributed by atoms with van der Waals surface area (Å²) in [6, 6.07) is -0.111. The van der Waals surface area contributed by atoms with Gasteiger partial charge in [0.05, 0.1) is 18.5 Å². The molecule has 1 saturated heterocycles. The van der Waals surface area contributed by atoms with Gasteiger partial charge >= 0.3 is 11.7 Å². The number of nitrogens with zero attached hydrogens (tertiary/aromatic N) is 3. The summed E-state index contributed by atoms with van der Waals surface area (Å²) in [4.78, 5) is 41.4. The molecule has 0 bridgehead atoms. The molecule has 0 aromatic carbocycles. The van der Waals surface area contributed by atoms with Gasteiger partial charge in [-0.05, 0) is 19.4 Å². The molecule has 3 rings (SSSR count). The van der Waals surface area contributed by atoms with Gasteiger partial charge in [-0.25, -0.2) is 9.59 Å². The van der Waals surface area contributed by atoms with Gasteiger partial charge in [-0.2, -0.15) is 0 Å². The second-order valence-corrected chi connectivity index (χ2v) is 8.15. The van der Waals surface area contributed by atoms with Crippen LogP contribution in [0.4, 0.5) is 4.79 Å². The summed E-state index contributed by atoms with van der Waals surface area (Å²) in [5.74, 6) is 0. The highest BCUT2D eigenvalue weighted by Crippen LogP contribution is 2.36. The van der Waals surface area contributed by atoms with E-state index < -0.39 is 5.34 Å². The highest BCUT2D eigenvalue weighted by Gasteiger charge is 2.38. The van der Waals surface area contributed by atoms with Crippen molar-refractivity contribution in [3.8, 4) is 0 Å². The minimum Gasteiger partial charge on any atom is -0.383 e. The maximum absolute atomic E-state index is 13.0. The molecule has 1 aliphatic heterocycles. The first kappa shape index (κ1) is 19.8. The summed E-state index contributed by atoms with van der Waals surface area (Å²) >= 11 is 1.42. The number of fused-ring (bicyclic) bond motifs is 1. The van der Waals surface area contributed by atoms with Crippen LogP contribution in [0.5, 0.6) is 0 Å². The Morgan fingerprint density at radius 3 is 2.52 bits per heavy atom. The molecule has 2 aromatic heterocycles. The number of carbonyl (C=O) groups is 1. The zero-order valence-electron chi connectivity index (χ0n) is 16.4. The van der Waals surface area contributed by atoms with Crippen molar-refractivity contribution in [3.63, 3.8) is 0 Å². The standard InChI is InChI=1S/C16H24B2N4O4S/c1-4-20-12(23)10-9(2)11(16(17,18)22-6-5-19-14(22)24)27-13(10)21(15(20)25)7-8-26-3/h4-8,17-18H2,1-3H3,(H,19,24). The molecule has 11 heteroatoms. The minimum absolute atomic E-state index is 0.111. The minimum atomic E-state index is -0.583. The van der Waals surface area contributed by atoms with Crippen LogP contribution < -0.4 is 16.6 Å². The summed E-state index contributed by atoms with van der Waals surface area (Å²) in [6.45, 7) is 5.95. The molecule has 0 spiro atoms. The molecule has 2 amide bonds. The van der Waals surface area contributed by atoms with Crippen LogP contribution in [0, 0.1) is 6.92 Å². The van der Waals surface area contributed by atoms with Crippen molar-refractivity contribution in [2.75, 3.05) is 26.8 Å². The molecule has 1 aliphatic rings. The number of rotatable bonds is 6. The normalized spacial score (nSPS) is 14.9. The SMILES string of the molecule is BC(B)(c1sc2c(c1C)c(=O)n(CC)c(=O)n2CCOC)N1CCNC1=O. The maximum atomic E-state index is 13.0. The number of amides is 2. The third kappa shape index (κ3) is 3.02. The Kier molecular flexibility index (Phi) is 5.27. The Hall–Kier alpha value is -2.00. The highest BCUT2D eigenvalue weighted by atomic mass is 32.1. The summed E-state index contributed by atoms with van der Waals surface area (Å²) in [5.41, 5.74) is 0.238. The number of hydrogen-bond acceptors (Lipinski definition) is 5. The summed E-state index contributed by atoms with van der Waals surface area (Å²) in [7, 11) is 5.54. The topological polar surface area (TPSA) is 85.6 Å². The van der Waals surface area contributed by atoms with E-state index in [1.54, 1.807) is 23.5 Å². The van der Waals surface area contributed by atoms with E-state index in [-0.39, 0.29) is 17.3 Å². The Labute approximate surface area is 162 Å². The second-order valence-electron chi connectivity index (χ2n) is 7.16. The van der Waals surface area contributed by atoms with Crippen molar-refractivity contribution in [2.24, 2.45) is 0 Å². The van der Waals surface area contributed by atoms with E-state index >= 15 is 0 Å². The zero-order chi connectivity index (χ0) is 19.9. The van der Waals surface area contributed by atoms with Crippen molar-refractivity contribution in [2.45, 2.75) is 32.3 Å². The van der Waals surface area contributed by atoms with E-state index in [9.17, 15) is 14.4 Å². The molecule has 2 aromatic rings.